The van der Waals surface area contributed by atoms with Gasteiger partial charge in [-0.25, -0.2) is 15.0 Å². The van der Waals surface area contributed by atoms with Crippen molar-refractivity contribution in [3.63, 3.8) is 0 Å². The average Bonchev–Trinajstić information content (AvgIpc) is 3.41. The molecule has 2 aliphatic rings. The van der Waals surface area contributed by atoms with E-state index in [2.05, 4.69) is 200 Å². The number of fused-ring (bicyclic) bond motifs is 4. The van der Waals surface area contributed by atoms with E-state index >= 15 is 0 Å². The molecule has 1 aromatic heterocycles. The summed E-state index contributed by atoms with van der Waals surface area (Å²) in [6.45, 7) is 7.79. The van der Waals surface area contributed by atoms with Crippen LogP contribution in [-0.4, -0.2) is 28.4 Å². The lowest BCUT2D eigenvalue weighted by Crippen LogP contribution is -2.65. The number of nitrogens with zero attached hydrogens (tertiary/aromatic N) is 4. The molecule has 67 heavy (non-hydrogen) atoms. The highest BCUT2D eigenvalue weighted by Crippen LogP contribution is 2.41. The highest BCUT2D eigenvalue weighted by molar-refractivity contribution is 7.02. The van der Waals surface area contributed by atoms with E-state index in [-0.39, 0.29) is 13.4 Å². The predicted octanol–water partition coefficient (Wildman–Crippen LogP) is 10.6. The second-order valence-electron chi connectivity index (χ2n) is 17.3. The minimum Gasteiger partial charge on any atom is -0.313 e. The van der Waals surface area contributed by atoms with Crippen molar-refractivity contribution in [2.75, 3.05) is 4.90 Å². The van der Waals surface area contributed by atoms with E-state index < -0.39 is 0 Å². The van der Waals surface area contributed by atoms with Crippen molar-refractivity contribution in [3.8, 4) is 56.4 Å². The number of anilines is 3. The molecule has 3 heterocycles. The van der Waals surface area contributed by atoms with Crippen LogP contribution in [-0.2, 0) is 0 Å². The van der Waals surface area contributed by atoms with Gasteiger partial charge in [0.25, 0.3) is 0 Å². The molecule has 0 amide bonds. The van der Waals surface area contributed by atoms with E-state index in [0.29, 0.717) is 17.5 Å². The van der Waals surface area contributed by atoms with Gasteiger partial charge in [0.05, 0.1) is 0 Å². The first-order chi connectivity index (χ1) is 33.1. The molecule has 0 N–H and O–H groups in total. The molecule has 0 aliphatic carbocycles. The Hall–Kier alpha value is -8.60. The first-order valence-electron chi connectivity index (χ1n) is 22.8. The van der Waals surface area contributed by atoms with E-state index in [1.165, 1.54) is 38.5 Å². The standard InChI is InChI=1S/C61H42B2N4/c1-3-41-25-29-43(30-26-41)47-33-35-56-52(37-47)62(50-21-13-7-14-22-50)54-39-49(61-65-59(45-17-9-5-10-18-45)64-60(66-61)46-19-11-6-12-20-46)40-55-58(54)67(56)57-36-34-48(44-31-27-42(4-2)28-32-44)38-53(57)63(55)51-23-15-8-16-24-51/h3-40H,1-2H2. The van der Waals surface area contributed by atoms with Gasteiger partial charge in [0, 0.05) is 33.8 Å². The third-order valence-electron chi connectivity index (χ3n) is 13.4. The Labute approximate surface area is 392 Å². The Kier molecular flexibility index (Phi) is 9.99. The van der Waals surface area contributed by atoms with Gasteiger partial charge >= 0.3 is 0 Å². The van der Waals surface area contributed by atoms with E-state index in [1.54, 1.807) is 0 Å². The molecule has 12 rings (SSSR count). The fourth-order valence-electron chi connectivity index (χ4n) is 10.1. The summed E-state index contributed by atoms with van der Waals surface area (Å²) in [4.78, 5) is 18.3. The molecule has 6 heteroatoms. The van der Waals surface area contributed by atoms with Crippen LogP contribution in [0.5, 0.6) is 0 Å². The SMILES string of the molecule is C=Cc1ccc(-c2ccc3c(c2)B(c2ccccc2)c2cc(-c4nc(-c5ccccc5)nc(-c5ccccc5)n4)cc4c2N3c2ccc(-c3ccc(C=C)cc3)cc2B4c2ccccc2)cc1. The second-order valence-corrected chi connectivity index (χ2v) is 17.3. The fraction of sp³-hybridized carbons (Fsp3) is 0. The van der Waals surface area contributed by atoms with Gasteiger partial charge in [0.1, 0.15) is 0 Å². The number of rotatable bonds is 9. The van der Waals surface area contributed by atoms with E-state index in [0.717, 1.165) is 61.4 Å². The topological polar surface area (TPSA) is 41.9 Å². The molecule has 10 aromatic rings. The Morgan fingerprint density at radius 1 is 0.328 bits per heavy atom. The fourth-order valence-corrected chi connectivity index (χ4v) is 10.1. The van der Waals surface area contributed by atoms with Crippen molar-refractivity contribution < 1.29 is 0 Å². The van der Waals surface area contributed by atoms with E-state index in [1.807, 2.05) is 48.6 Å². The summed E-state index contributed by atoms with van der Waals surface area (Å²) in [6, 6.07) is 78.5. The zero-order valence-corrected chi connectivity index (χ0v) is 36.8. The molecule has 9 aromatic carbocycles. The number of hydrogen-bond donors (Lipinski definition) is 0. The molecule has 0 atom stereocenters. The van der Waals surface area contributed by atoms with Gasteiger partial charge in [-0.05, 0) is 67.4 Å². The summed E-state index contributed by atoms with van der Waals surface area (Å²) in [5.74, 6) is 1.89. The monoisotopic (exact) mass is 852 g/mol. The average molecular weight is 853 g/mol. The highest BCUT2D eigenvalue weighted by Gasteiger charge is 2.44. The van der Waals surface area contributed by atoms with Crippen LogP contribution in [0, 0.1) is 0 Å². The van der Waals surface area contributed by atoms with Crippen LogP contribution in [0.2, 0.25) is 0 Å². The summed E-state index contributed by atoms with van der Waals surface area (Å²) in [5, 5.41) is 0. The lowest BCUT2D eigenvalue weighted by molar-refractivity contribution is 1.07. The Morgan fingerprint density at radius 2 is 0.672 bits per heavy atom. The predicted molar refractivity (Wildman–Crippen MR) is 284 cm³/mol. The summed E-state index contributed by atoms with van der Waals surface area (Å²) < 4.78 is 0. The third-order valence-corrected chi connectivity index (χ3v) is 13.4. The molecular formula is C61H42B2N4. The van der Waals surface area contributed by atoms with E-state index in [4.69, 9.17) is 15.0 Å². The molecule has 2 aliphatic heterocycles. The van der Waals surface area contributed by atoms with Crippen molar-refractivity contribution in [1.82, 2.24) is 15.0 Å². The Bertz CT molecular complexity index is 3260. The van der Waals surface area contributed by atoms with Crippen molar-refractivity contribution in [2.45, 2.75) is 0 Å². The molecule has 0 radical (unpaired) electrons. The number of benzene rings is 9. The number of hydrogen-bond acceptors (Lipinski definition) is 4. The molecule has 0 spiro atoms. The summed E-state index contributed by atoms with van der Waals surface area (Å²) >= 11 is 0. The first-order valence-corrected chi connectivity index (χ1v) is 22.8. The minimum atomic E-state index is -0.113. The maximum atomic E-state index is 5.33. The third kappa shape index (κ3) is 7.11. The molecule has 0 fully saturated rings. The maximum absolute atomic E-state index is 5.33. The zero-order valence-electron chi connectivity index (χ0n) is 36.8. The molecule has 0 bridgehead atoms. The summed E-state index contributed by atoms with van der Waals surface area (Å²) in [6.07, 6.45) is 3.79. The van der Waals surface area contributed by atoms with Crippen molar-refractivity contribution in [1.29, 1.82) is 0 Å². The molecular weight excluding hydrogens is 810 g/mol. The summed E-state index contributed by atoms with van der Waals surface area (Å²) in [7, 11) is 0. The minimum absolute atomic E-state index is 0.113. The second kappa shape index (κ2) is 16.8. The quantitative estimate of drug-likeness (QED) is 0.136. The smallest absolute Gasteiger partial charge is 0.246 e. The maximum Gasteiger partial charge on any atom is 0.246 e. The first kappa shape index (κ1) is 39.9. The van der Waals surface area contributed by atoms with Crippen LogP contribution in [0.1, 0.15) is 11.1 Å². The molecule has 312 valence electrons. The molecule has 0 unspecified atom stereocenters. The van der Waals surface area contributed by atoms with Gasteiger partial charge in [0.2, 0.25) is 13.4 Å². The largest absolute Gasteiger partial charge is 0.313 e. The van der Waals surface area contributed by atoms with Gasteiger partial charge in [-0.1, -0.05) is 242 Å². The highest BCUT2D eigenvalue weighted by atomic mass is 15.2. The summed E-state index contributed by atoms with van der Waals surface area (Å²) in [5.41, 5.74) is 20.4. The van der Waals surface area contributed by atoms with Crippen molar-refractivity contribution in [3.05, 3.63) is 243 Å². The Balaban J connectivity index is 1.17. The van der Waals surface area contributed by atoms with Crippen LogP contribution >= 0.6 is 0 Å². The van der Waals surface area contributed by atoms with Gasteiger partial charge < -0.3 is 4.90 Å². The van der Waals surface area contributed by atoms with Gasteiger partial charge in [-0.15, -0.1) is 0 Å². The van der Waals surface area contributed by atoms with Crippen LogP contribution in [0.3, 0.4) is 0 Å². The lowest BCUT2D eigenvalue weighted by Gasteiger charge is -2.44. The Morgan fingerprint density at radius 3 is 1.06 bits per heavy atom. The normalized spacial score (nSPS) is 12.2. The van der Waals surface area contributed by atoms with Crippen LogP contribution in [0.15, 0.2) is 232 Å². The van der Waals surface area contributed by atoms with Crippen molar-refractivity contribution >= 4 is 75.4 Å². The van der Waals surface area contributed by atoms with Crippen LogP contribution in [0.4, 0.5) is 17.1 Å². The van der Waals surface area contributed by atoms with E-state index in [9.17, 15) is 0 Å². The van der Waals surface area contributed by atoms with Crippen LogP contribution < -0.4 is 37.7 Å². The molecule has 0 saturated heterocycles. The van der Waals surface area contributed by atoms with Gasteiger partial charge in [-0.3, -0.25) is 0 Å². The molecule has 0 saturated carbocycles. The van der Waals surface area contributed by atoms with Crippen molar-refractivity contribution in [2.24, 2.45) is 0 Å². The zero-order chi connectivity index (χ0) is 44.8. The van der Waals surface area contributed by atoms with Crippen LogP contribution in [0.25, 0.3) is 68.6 Å². The van der Waals surface area contributed by atoms with Gasteiger partial charge in [0.15, 0.2) is 17.5 Å². The number of aromatic nitrogens is 3. The van der Waals surface area contributed by atoms with Gasteiger partial charge in [-0.2, -0.15) is 0 Å². The molecule has 4 nitrogen and oxygen atoms in total. The lowest BCUT2D eigenvalue weighted by atomic mass is 9.30.